The van der Waals surface area contributed by atoms with Crippen LogP contribution in [-0.4, -0.2) is 29.0 Å². The first-order valence-corrected chi connectivity index (χ1v) is 27.1. The average molecular weight is 1020 g/mol. The van der Waals surface area contributed by atoms with Gasteiger partial charge in [0.1, 0.15) is 0 Å². The van der Waals surface area contributed by atoms with E-state index in [0.29, 0.717) is 29.0 Å². The van der Waals surface area contributed by atoms with Crippen LogP contribution in [0.5, 0.6) is 0 Å². The zero-order valence-corrected chi connectivity index (χ0v) is 41.5. The molecule has 13 aromatic rings. The van der Waals surface area contributed by atoms with Gasteiger partial charge in [-0.25, -0.2) is 0 Å². The molecule has 13 rings (SSSR count). The van der Waals surface area contributed by atoms with Crippen molar-refractivity contribution in [3.63, 3.8) is 0 Å². The van der Waals surface area contributed by atoms with E-state index in [1.165, 1.54) is 83.1 Å². The van der Waals surface area contributed by atoms with Crippen LogP contribution in [0, 0.1) is 0 Å². The van der Waals surface area contributed by atoms with Gasteiger partial charge >= 0.3 is 364 Å². The first-order valence-electron chi connectivity index (χ1n) is 23.7. The Morgan fingerprint density at radius 1 is 0.186 bits per heavy atom. The number of nitrogens with zero attached hydrogens (tertiary/aromatic N) is 2. The van der Waals surface area contributed by atoms with E-state index >= 15 is 0 Å². The first kappa shape index (κ1) is 42.2. The Morgan fingerprint density at radius 3 is 0.771 bits per heavy atom. The van der Waals surface area contributed by atoms with Crippen LogP contribution in [0.1, 0.15) is 0 Å². The van der Waals surface area contributed by atoms with Crippen LogP contribution in [-0.2, 0) is 0 Å². The second-order valence-electron chi connectivity index (χ2n) is 17.7. The monoisotopic (exact) mass is 1020 g/mol. The maximum atomic E-state index is 2.38. The van der Waals surface area contributed by atoms with Crippen LogP contribution in [0.2, 0.25) is 0 Å². The van der Waals surface area contributed by atoms with Crippen LogP contribution < -0.4 is 9.80 Å². The average Bonchev–Trinajstić information content (AvgIpc) is 4.00. The van der Waals surface area contributed by atoms with Gasteiger partial charge in [-0.05, 0) is 22.3 Å². The molecule has 0 saturated heterocycles. The summed E-state index contributed by atoms with van der Waals surface area (Å²) in [7, 11) is 0. The molecule has 0 atom stereocenters. The number of hydrogen-bond donors (Lipinski definition) is 0. The minimum absolute atomic E-state index is 0.374. The van der Waals surface area contributed by atoms with Crippen molar-refractivity contribution in [2.45, 2.75) is 0 Å². The third kappa shape index (κ3) is 7.98. The predicted octanol–water partition coefficient (Wildman–Crippen LogP) is 18.0. The molecule has 0 unspecified atom stereocenters. The zero-order valence-electron chi connectivity index (χ0n) is 38.1. The SMILES string of the molecule is c1ccc(N(c2ccc(-c3ccc(-c4ccc(N(c5ccccc5)c5ccc(-c6ccc7[se]c8ccccc8c7c6)cc5)cc4)cc3)cc2)c2ccc(-c3ccc4[se]c5ccccc5c4c3)cc2)cc1. The molecule has 2 nitrogen and oxygen atoms in total. The zero-order chi connectivity index (χ0) is 46.4. The van der Waals surface area contributed by atoms with Gasteiger partial charge in [0.25, 0.3) is 0 Å². The van der Waals surface area contributed by atoms with E-state index in [-0.39, 0.29) is 0 Å². The molecule has 0 bridgehead atoms. The standard InChI is InChI=1S/C66H44N2Se2/c1-3-11-53(12-4-1)67(57-37-27-49(28-38-57)51-31-41-65-61(43-51)59-15-7-9-17-63(59)69-65)55-33-23-47(24-34-55)45-19-21-46(22-20-45)48-25-35-56(36-26-48)68(54-13-5-2-6-14-54)58-39-29-50(30-40-58)52-32-42-66-62(44-52)60-16-8-10-18-64(60)70-66/h1-44H. The molecule has 70 heavy (non-hydrogen) atoms. The molecule has 0 spiro atoms. The van der Waals surface area contributed by atoms with Crippen molar-refractivity contribution in [2.75, 3.05) is 9.80 Å². The van der Waals surface area contributed by atoms with Crippen molar-refractivity contribution in [3.05, 3.63) is 267 Å². The van der Waals surface area contributed by atoms with Crippen LogP contribution in [0.4, 0.5) is 34.1 Å². The third-order valence-electron chi connectivity index (χ3n) is 13.5. The van der Waals surface area contributed by atoms with Gasteiger partial charge in [-0.2, -0.15) is 0 Å². The number of anilines is 6. The van der Waals surface area contributed by atoms with E-state index < -0.39 is 0 Å². The fourth-order valence-electron chi connectivity index (χ4n) is 9.93. The fraction of sp³-hybridized carbons (Fsp3) is 0. The summed E-state index contributed by atoms with van der Waals surface area (Å²) >= 11 is 0.748. The summed E-state index contributed by atoms with van der Waals surface area (Å²) in [5, 5.41) is 5.54. The van der Waals surface area contributed by atoms with E-state index in [0.717, 1.165) is 34.1 Å². The second kappa shape index (κ2) is 18.2. The summed E-state index contributed by atoms with van der Waals surface area (Å²) in [4.78, 5) is 4.68. The Labute approximate surface area is 420 Å². The molecular weight excluding hydrogens is 979 g/mol. The predicted molar refractivity (Wildman–Crippen MR) is 301 cm³/mol. The van der Waals surface area contributed by atoms with Gasteiger partial charge in [-0.3, -0.25) is 0 Å². The van der Waals surface area contributed by atoms with Crippen molar-refractivity contribution in [3.8, 4) is 44.5 Å². The van der Waals surface area contributed by atoms with Gasteiger partial charge in [0.15, 0.2) is 0 Å². The Balaban J connectivity index is 0.738. The van der Waals surface area contributed by atoms with Crippen molar-refractivity contribution < 1.29 is 0 Å². The summed E-state index contributed by atoms with van der Waals surface area (Å²) < 4.78 is 5.89. The number of hydrogen-bond acceptors (Lipinski definition) is 2. The van der Waals surface area contributed by atoms with Crippen molar-refractivity contribution in [2.24, 2.45) is 0 Å². The van der Waals surface area contributed by atoms with Gasteiger partial charge in [-0.15, -0.1) is 0 Å². The molecule has 0 aliphatic heterocycles. The number of rotatable bonds is 10. The van der Waals surface area contributed by atoms with Gasteiger partial charge in [0, 0.05) is 0 Å². The van der Waals surface area contributed by atoms with Gasteiger partial charge in [-0.1, -0.05) is 36.4 Å². The molecule has 2 heterocycles. The third-order valence-corrected chi connectivity index (χ3v) is 18.3. The molecule has 0 saturated carbocycles. The van der Waals surface area contributed by atoms with E-state index in [9.17, 15) is 0 Å². The molecular formula is C66H44N2Se2. The van der Waals surface area contributed by atoms with E-state index in [2.05, 4.69) is 277 Å². The van der Waals surface area contributed by atoms with Gasteiger partial charge in [0.05, 0.1) is 0 Å². The van der Waals surface area contributed by atoms with E-state index in [4.69, 9.17) is 0 Å². The molecule has 0 radical (unpaired) electrons. The Bertz CT molecular complexity index is 3690. The molecule has 0 aliphatic rings. The molecule has 4 heteroatoms. The minimum atomic E-state index is 0.374. The molecule has 330 valence electrons. The van der Waals surface area contributed by atoms with Crippen molar-refractivity contribution >= 4 is 102 Å². The molecule has 2 aromatic heterocycles. The quantitative estimate of drug-likeness (QED) is 0.126. The number of benzene rings is 11. The Morgan fingerprint density at radius 2 is 0.429 bits per heavy atom. The summed E-state index contributed by atoms with van der Waals surface area (Å²) in [5.41, 5.74) is 16.4. The van der Waals surface area contributed by atoms with Crippen LogP contribution in [0.15, 0.2) is 267 Å². The van der Waals surface area contributed by atoms with Crippen molar-refractivity contribution in [1.29, 1.82) is 0 Å². The summed E-state index contributed by atoms with van der Waals surface area (Å²) in [6, 6.07) is 97.9. The molecule has 0 aliphatic carbocycles. The van der Waals surface area contributed by atoms with E-state index in [1.54, 1.807) is 0 Å². The summed E-state index contributed by atoms with van der Waals surface area (Å²) in [5.74, 6) is 0. The Kier molecular flexibility index (Phi) is 11.0. The number of fused-ring (bicyclic) bond motifs is 6. The Hall–Kier alpha value is -7.94. The summed E-state index contributed by atoms with van der Waals surface area (Å²) in [6.07, 6.45) is 0. The van der Waals surface area contributed by atoms with Crippen LogP contribution in [0.25, 0.3) is 83.1 Å². The van der Waals surface area contributed by atoms with Crippen LogP contribution in [0.3, 0.4) is 0 Å². The molecule has 0 N–H and O–H groups in total. The molecule has 11 aromatic carbocycles. The second-order valence-corrected chi connectivity index (χ2v) is 22.3. The van der Waals surface area contributed by atoms with Gasteiger partial charge < -0.3 is 0 Å². The normalized spacial score (nSPS) is 11.4. The number of para-hydroxylation sites is 2. The maximum absolute atomic E-state index is 2.38. The molecule has 0 amide bonds. The van der Waals surface area contributed by atoms with Crippen molar-refractivity contribution in [1.82, 2.24) is 0 Å². The topological polar surface area (TPSA) is 6.48 Å². The van der Waals surface area contributed by atoms with Gasteiger partial charge in [0.2, 0.25) is 0 Å². The first-order chi connectivity index (χ1) is 34.7. The van der Waals surface area contributed by atoms with E-state index in [1.807, 2.05) is 0 Å². The molecule has 0 fully saturated rings. The fourth-order valence-corrected chi connectivity index (χ4v) is 14.5. The van der Waals surface area contributed by atoms with Crippen LogP contribution >= 0.6 is 0 Å². The summed E-state index contributed by atoms with van der Waals surface area (Å²) in [6.45, 7) is 0.